The highest BCUT2D eigenvalue weighted by molar-refractivity contribution is 7.93. The van der Waals surface area contributed by atoms with Gasteiger partial charge in [0.2, 0.25) is 0 Å². The van der Waals surface area contributed by atoms with Crippen LogP contribution in [-0.4, -0.2) is 15.1 Å². The molecule has 0 aromatic rings. The quantitative estimate of drug-likeness (QED) is 0.0585. The van der Waals surface area contributed by atoms with Gasteiger partial charge >= 0.3 is 0 Å². The van der Waals surface area contributed by atoms with Gasteiger partial charge in [-0.15, -0.1) is 0 Å². The minimum Gasteiger partial charge on any atom is -0.615 e. The molecular formula is C48H86OS. The van der Waals surface area contributed by atoms with E-state index in [0.717, 1.165) is 12.8 Å². The second-order valence-corrected chi connectivity index (χ2v) is 19.6. The molecule has 2 heteroatoms. The van der Waals surface area contributed by atoms with E-state index in [1.165, 1.54) is 140 Å². The van der Waals surface area contributed by atoms with Crippen molar-refractivity contribution < 1.29 is 4.55 Å². The molecular weight excluding hydrogens is 625 g/mol. The van der Waals surface area contributed by atoms with E-state index in [0.29, 0.717) is 23.7 Å². The summed E-state index contributed by atoms with van der Waals surface area (Å²) in [6.07, 6.45) is 44.3. The van der Waals surface area contributed by atoms with Crippen LogP contribution in [0.2, 0.25) is 0 Å². The number of allylic oxidation sites excluding steroid dienone is 6. The molecule has 50 heavy (non-hydrogen) atoms. The van der Waals surface area contributed by atoms with Crippen LogP contribution in [0, 0.1) is 34.5 Å². The van der Waals surface area contributed by atoms with Crippen LogP contribution < -0.4 is 0 Å². The molecule has 0 aromatic carbocycles. The van der Waals surface area contributed by atoms with E-state index in [9.17, 15) is 0 Å². The van der Waals surface area contributed by atoms with Crippen molar-refractivity contribution in [3.05, 3.63) is 47.6 Å². The van der Waals surface area contributed by atoms with Gasteiger partial charge in [-0.3, -0.25) is 0 Å². The molecule has 0 saturated heterocycles. The Morgan fingerprint density at radius 2 is 0.760 bits per heavy atom. The van der Waals surface area contributed by atoms with Gasteiger partial charge in [0, 0.05) is 10.8 Å². The molecule has 0 aliphatic heterocycles. The zero-order valence-electron chi connectivity index (χ0n) is 35.3. The van der Waals surface area contributed by atoms with Crippen LogP contribution in [0.4, 0.5) is 0 Å². The maximum Gasteiger partial charge on any atom is 0.144 e. The minimum atomic E-state index is -1.02. The standard InChI is InChI=1S/C48H86OS/c1-11-13-15-17-19-21-23-25-27-29-35-47(41(7)8)37-43(39(3)4)31-33-45(47)50(49)46-34-32-44(40(5)6)38-48(46,42(9)10)36-30-28-26-24-22-20-18-16-14-12-2/h31-34,37-42,45-46H,11-30,35-36H2,1-10H3. The molecule has 2 aliphatic rings. The van der Waals surface area contributed by atoms with Gasteiger partial charge < -0.3 is 4.55 Å². The first-order chi connectivity index (χ1) is 24.0. The average Bonchev–Trinajstić information content (AvgIpc) is 3.09. The van der Waals surface area contributed by atoms with Crippen molar-refractivity contribution in [2.75, 3.05) is 0 Å². The van der Waals surface area contributed by atoms with E-state index in [4.69, 9.17) is 0 Å². The summed E-state index contributed by atoms with van der Waals surface area (Å²) in [7, 11) is 0. The Morgan fingerprint density at radius 1 is 0.480 bits per heavy atom. The van der Waals surface area contributed by atoms with E-state index < -0.39 is 11.2 Å². The Bertz CT molecular complexity index is 933. The van der Waals surface area contributed by atoms with E-state index >= 15 is 4.55 Å². The van der Waals surface area contributed by atoms with Gasteiger partial charge in [0.15, 0.2) is 0 Å². The second-order valence-electron chi connectivity index (χ2n) is 17.9. The number of hydrogen-bond donors (Lipinski definition) is 0. The highest BCUT2D eigenvalue weighted by Gasteiger charge is 2.54. The lowest BCUT2D eigenvalue weighted by Crippen LogP contribution is -2.53. The zero-order chi connectivity index (χ0) is 37.0. The monoisotopic (exact) mass is 711 g/mol. The van der Waals surface area contributed by atoms with E-state index in [2.05, 4.69) is 106 Å². The summed E-state index contributed by atoms with van der Waals surface area (Å²) < 4.78 is 15.5. The second kappa shape index (κ2) is 24.6. The molecule has 0 aromatic heterocycles. The first kappa shape index (κ1) is 45.4. The Labute approximate surface area is 317 Å². The van der Waals surface area contributed by atoms with Crippen molar-refractivity contribution >= 4 is 11.2 Å². The van der Waals surface area contributed by atoms with Crippen LogP contribution in [0.3, 0.4) is 0 Å². The predicted octanol–water partition coefficient (Wildman–Crippen LogP) is 15.7. The molecule has 0 amide bonds. The largest absolute Gasteiger partial charge is 0.615 e. The summed E-state index contributed by atoms with van der Waals surface area (Å²) in [5.41, 5.74) is 2.77. The van der Waals surface area contributed by atoms with Gasteiger partial charge in [0.1, 0.15) is 10.5 Å². The molecule has 0 N–H and O–H groups in total. The van der Waals surface area contributed by atoms with E-state index in [-0.39, 0.29) is 21.3 Å². The van der Waals surface area contributed by atoms with Crippen molar-refractivity contribution in [3.63, 3.8) is 0 Å². The lowest BCUT2D eigenvalue weighted by atomic mass is 9.66. The first-order valence-corrected chi connectivity index (χ1v) is 23.5. The Hall–Kier alpha value is -0.730. The molecule has 2 rings (SSSR count). The minimum absolute atomic E-state index is 0.0537. The summed E-state index contributed by atoms with van der Waals surface area (Å²) >= 11 is -1.02. The van der Waals surface area contributed by atoms with Crippen LogP contribution >= 0.6 is 0 Å². The van der Waals surface area contributed by atoms with Crippen LogP contribution in [0.5, 0.6) is 0 Å². The molecule has 0 bridgehead atoms. The number of rotatable bonds is 28. The van der Waals surface area contributed by atoms with E-state index in [1.807, 2.05) is 0 Å². The maximum absolute atomic E-state index is 15.5. The van der Waals surface area contributed by atoms with Gasteiger partial charge in [-0.25, -0.2) is 0 Å². The van der Waals surface area contributed by atoms with Crippen LogP contribution in [0.1, 0.15) is 210 Å². The normalized spacial score (nSPS) is 24.5. The first-order valence-electron chi connectivity index (χ1n) is 22.2. The van der Waals surface area contributed by atoms with Crippen molar-refractivity contribution in [3.8, 4) is 0 Å². The summed E-state index contributed by atoms with van der Waals surface area (Å²) in [6.45, 7) is 23.6. The average molecular weight is 711 g/mol. The maximum atomic E-state index is 15.5. The fraction of sp³-hybridized carbons (Fsp3) is 0.833. The summed E-state index contributed by atoms with van der Waals surface area (Å²) in [4.78, 5) is 0. The molecule has 0 fully saturated rings. The molecule has 0 radical (unpaired) electrons. The zero-order valence-corrected chi connectivity index (χ0v) is 36.1. The predicted molar refractivity (Wildman–Crippen MR) is 227 cm³/mol. The topological polar surface area (TPSA) is 23.1 Å². The van der Waals surface area contributed by atoms with Crippen LogP contribution in [0.15, 0.2) is 47.6 Å². The fourth-order valence-corrected chi connectivity index (χ4v) is 11.5. The lowest BCUT2D eigenvalue weighted by molar-refractivity contribution is 0.218. The molecule has 4 atom stereocenters. The Morgan fingerprint density at radius 3 is 1.02 bits per heavy atom. The highest BCUT2D eigenvalue weighted by atomic mass is 32.2. The molecule has 290 valence electrons. The molecule has 4 unspecified atom stereocenters. The van der Waals surface area contributed by atoms with Crippen molar-refractivity contribution in [1.29, 1.82) is 0 Å². The van der Waals surface area contributed by atoms with Gasteiger partial charge in [0.25, 0.3) is 0 Å². The SMILES string of the molecule is CCCCCCCCCCCCC1(C(C)C)C=C(C(C)C)C=CC1[S+]([O-])C1C=CC(C(C)C)=CC1(CCCCCCCCCCCC)C(C)C. The van der Waals surface area contributed by atoms with Gasteiger partial charge in [-0.2, -0.15) is 0 Å². The third-order valence-corrected chi connectivity index (χ3v) is 15.0. The van der Waals surface area contributed by atoms with Crippen LogP contribution in [-0.2, 0) is 11.2 Å². The summed E-state index contributed by atoms with van der Waals surface area (Å²) in [5, 5.41) is 0.107. The fourth-order valence-electron chi connectivity index (χ4n) is 8.93. The number of unbranched alkanes of at least 4 members (excludes halogenated alkanes) is 18. The molecule has 0 saturated carbocycles. The van der Waals surface area contributed by atoms with Crippen molar-refractivity contribution in [2.45, 2.75) is 221 Å². The molecule has 0 spiro atoms. The summed E-state index contributed by atoms with van der Waals surface area (Å²) in [5.74, 6) is 1.87. The third kappa shape index (κ3) is 13.9. The lowest BCUT2D eigenvalue weighted by Gasteiger charge is -2.49. The number of hydrogen-bond acceptors (Lipinski definition) is 1. The van der Waals surface area contributed by atoms with Crippen LogP contribution in [0.25, 0.3) is 0 Å². The smallest absolute Gasteiger partial charge is 0.144 e. The molecule has 2 aliphatic carbocycles. The summed E-state index contributed by atoms with van der Waals surface area (Å²) in [6, 6.07) is 0. The van der Waals surface area contributed by atoms with Gasteiger partial charge in [0.05, 0.1) is 0 Å². The Balaban J connectivity index is 2.24. The third-order valence-electron chi connectivity index (χ3n) is 12.8. The molecule has 1 nitrogen and oxygen atoms in total. The van der Waals surface area contributed by atoms with E-state index in [1.54, 1.807) is 0 Å². The Kier molecular flexibility index (Phi) is 22.3. The van der Waals surface area contributed by atoms with Gasteiger partial charge in [-0.1, -0.05) is 222 Å². The van der Waals surface area contributed by atoms with Gasteiger partial charge in [-0.05, 0) is 71.0 Å². The highest BCUT2D eigenvalue weighted by Crippen LogP contribution is 2.53. The molecule has 0 heterocycles. The van der Waals surface area contributed by atoms with Crippen molar-refractivity contribution in [2.24, 2.45) is 34.5 Å². The van der Waals surface area contributed by atoms with Crippen molar-refractivity contribution in [1.82, 2.24) is 0 Å².